The number of hydrogen-bond acceptors (Lipinski definition) is 2. The molecule has 1 rings (SSSR count). The van der Waals surface area contributed by atoms with Crippen molar-refractivity contribution >= 4 is 0 Å². The summed E-state index contributed by atoms with van der Waals surface area (Å²) >= 11 is 0. The Morgan fingerprint density at radius 1 is 1.31 bits per heavy atom. The van der Waals surface area contributed by atoms with E-state index < -0.39 is 0 Å². The van der Waals surface area contributed by atoms with E-state index in [1.807, 2.05) is 6.92 Å². The minimum atomic E-state index is 0.150. The Hall–Kier alpha value is -0.0800. The van der Waals surface area contributed by atoms with Gasteiger partial charge in [0.15, 0.2) is 0 Å². The van der Waals surface area contributed by atoms with E-state index in [1.54, 1.807) is 0 Å². The van der Waals surface area contributed by atoms with Gasteiger partial charge in [0.05, 0.1) is 12.2 Å². The summed E-state index contributed by atoms with van der Waals surface area (Å²) in [6.07, 6.45) is 5.79. The fourth-order valence-electron chi connectivity index (χ4n) is 1.93. The zero-order valence-corrected chi connectivity index (χ0v) is 9.12. The quantitative estimate of drug-likeness (QED) is 0.732. The van der Waals surface area contributed by atoms with Crippen LogP contribution in [0.25, 0.3) is 0 Å². The van der Waals surface area contributed by atoms with Gasteiger partial charge in [-0.05, 0) is 32.6 Å². The van der Waals surface area contributed by atoms with Crippen LogP contribution in [0.1, 0.15) is 46.5 Å². The van der Waals surface area contributed by atoms with Crippen LogP contribution >= 0.6 is 0 Å². The Morgan fingerprint density at radius 2 is 2.00 bits per heavy atom. The highest BCUT2D eigenvalue weighted by Crippen LogP contribution is 2.26. The van der Waals surface area contributed by atoms with Crippen molar-refractivity contribution in [2.45, 2.75) is 64.7 Å². The summed E-state index contributed by atoms with van der Waals surface area (Å²) < 4.78 is 5.90. The second kappa shape index (κ2) is 4.97. The predicted octanol–water partition coefficient (Wildman–Crippen LogP) is 2.32. The van der Waals surface area contributed by atoms with Crippen LogP contribution in [0.5, 0.6) is 0 Å². The van der Waals surface area contributed by atoms with Crippen molar-refractivity contribution in [2.75, 3.05) is 0 Å². The van der Waals surface area contributed by atoms with Crippen LogP contribution in [0, 0.1) is 5.92 Å². The van der Waals surface area contributed by atoms with Gasteiger partial charge in [-0.3, -0.25) is 0 Å². The Labute approximate surface area is 81.8 Å². The van der Waals surface area contributed by atoms with Gasteiger partial charge in [0.25, 0.3) is 0 Å². The van der Waals surface area contributed by atoms with Gasteiger partial charge < -0.3 is 10.5 Å². The normalized spacial score (nSPS) is 34.2. The van der Waals surface area contributed by atoms with E-state index in [1.165, 1.54) is 25.7 Å². The average molecular weight is 185 g/mol. The zero-order chi connectivity index (χ0) is 9.84. The molecule has 1 fully saturated rings. The number of rotatable bonds is 3. The molecule has 0 aromatic carbocycles. The van der Waals surface area contributed by atoms with Crippen LogP contribution in [-0.4, -0.2) is 18.2 Å². The number of hydrogen-bond donors (Lipinski definition) is 1. The largest absolute Gasteiger partial charge is 0.374 e. The minimum absolute atomic E-state index is 0.150. The molecule has 0 aromatic heterocycles. The lowest BCUT2D eigenvalue weighted by molar-refractivity contribution is -0.0382. The maximum Gasteiger partial charge on any atom is 0.0698 e. The molecule has 13 heavy (non-hydrogen) atoms. The molecule has 0 heterocycles. The van der Waals surface area contributed by atoms with Gasteiger partial charge in [-0.2, -0.15) is 0 Å². The predicted molar refractivity (Wildman–Crippen MR) is 55.6 cm³/mol. The lowest BCUT2D eigenvalue weighted by atomic mass is 9.88. The van der Waals surface area contributed by atoms with Crippen molar-refractivity contribution in [1.82, 2.24) is 0 Å². The number of nitrogens with two attached hydrogens (primary N) is 1. The molecule has 1 saturated carbocycles. The summed E-state index contributed by atoms with van der Waals surface area (Å²) in [7, 11) is 0. The topological polar surface area (TPSA) is 35.2 Å². The van der Waals surface area contributed by atoms with Crippen LogP contribution in [0.3, 0.4) is 0 Å². The van der Waals surface area contributed by atoms with Gasteiger partial charge in [-0.15, -0.1) is 0 Å². The first-order valence-electron chi connectivity index (χ1n) is 5.50. The highest BCUT2D eigenvalue weighted by Gasteiger charge is 2.22. The summed E-state index contributed by atoms with van der Waals surface area (Å²) in [5, 5.41) is 0. The van der Waals surface area contributed by atoms with Crippen molar-refractivity contribution in [2.24, 2.45) is 11.7 Å². The molecule has 78 valence electrons. The molecule has 0 saturated heterocycles. The van der Waals surface area contributed by atoms with Gasteiger partial charge >= 0.3 is 0 Å². The SMILES string of the molecule is CC1CCCC(OC(C)[C@@H](C)N)C1. The third kappa shape index (κ3) is 3.65. The Bertz CT molecular complexity index is 147. The molecule has 1 aliphatic rings. The maximum atomic E-state index is 5.90. The van der Waals surface area contributed by atoms with Gasteiger partial charge in [0.2, 0.25) is 0 Å². The smallest absolute Gasteiger partial charge is 0.0698 e. The van der Waals surface area contributed by atoms with Crippen LogP contribution in [0.15, 0.2) is 0 Å². The zero-order valence-electron chi connectivity index (χ0n) is 9.12. The Kier molecular flexibility index (Phi) is 4.20. The summed E-state index contributed by atoms with van der Waals surface area (Å²) in [6.45, 7) is 6.40. The molecular formula is C11H23NO. The van der Waals surface area contributed by atoms with E-state index in [-0.39, 0.29) is 12.1 Å². The maximum absolute atomic E-state index is 5.90. The van der Waals surface area contributed by atoms with Crippen molar-refractivity contribution < 1.29 is 4.74 Å². The van der Waals surface area contributed by atoms with E-state index in [9.17, 15) is 0 Å². The molecule has 0 aliphatic heterocycles. The van der Waals surface area contributed by atoms with Gasteiger partial charge in [0, 0.05) is 6.04 Å². The molecule has 0 aromatic rings. The minimum Gasteiger partial charge on any atom is -0.374 e. The van der Waals surface area contributed by atoms with Crippen LogP contribution in [-0.2, 0) is 4.74 Å². The molecule has 0 amide bonds. The van der Waals surface area contributed by atoms with E-state index in [2.05, 4.69) is 13.8 Å². The molecule has 4 atom stereocenters. The molecule has 0 radical (unpaired) electrons. The average Bonchev–Trinajstić information content (AvgIpc) is 2.04. The van der Waals surface area contributed by atoms with Crippen molar-refractivity contribution in [1.29, 1.82) is 0 Å². The summed E-state index contributed by atoms with van der Waals surface area (Å²) in [5.41, 5.74) is 5.76. The third-order valence-electron chi connectivity index (χ3n) is 3.04. The fourth-order valence-corrected chi connectivity index (χ4v) is 1.93. The van der Waals surface area contributed by atoms with Crippen molar-refractivity contribution in [3.05, 3.63) is 0 Å². The molecule has 2 heteroatoms. The standard InChI is InChI=1S/C11H23NO/c1-8-5-4-6-11(7-8)13-10(3)9(2)12/h8-11H,4-7,12H2,1-3H3/t8?,9-,10?,11?/m1/s1. The van der Waals surface area contributed by atoms with Gasteiger partial charge in [-0.25, -0.2) is 0 Å². The van der Waals surface area contributed by atoms with E-state index in [0.29, 0.717) is 6.10 Å². The van der Waals surface area contributed by atoms with E-state index >= 15 is 0 Å². The first-order chi connectivity index (χ1) is 6.09. The Morgan fingerprint density at radius 3 is 2.54 bits per heavy atom. The summed E-state index contributed by atoms with van der Waals surface area (Å²) in [4.78, 5) is 0. The Balaban J connectivity index is 2.27. The first kappa shape index (κ1) is 11.0. The molecule has 2 N–H and O–H groups in total. The van der Waals surface area contributed by atoms with Crippen LogP contribution in [0.4, 0.5) is 0 Å². The molecular weight excluding hydrogens is 162 g/mol. The lowest BCUT2D eigenvalue weighted by Gasteiger charge is -2.30. The van der Waals surface area contributed by atoms with E-state index in [4.69, 9.17) is 10.5 Å². The van der Waals surface area contributed by atoms with Crippen molar-refractivity contribution in [3.63, 3.8) is 0 Å². The summed E-state index contributed by atoms with van der Waals surface area (Å²) in [6, 6.07) is 0.150. The first-order valence-corrected chi connectivity index (χ1v) is 5.50. The highest BCUT2D eigenvalue weighted by atomic mass is 16.5. The van der Waals surface area contributed by atoms with Crippen LogP contribution in [0.2, 0.25) is 0 Å². The lowest BCUT2D eigenvalue weighted by Crippen LogP contribution is -2.36. The molecule has 3 unspecified atom stereocenters. The van der Waals surface area contributed by atoms with Crippen LogP contribution < -0.4 is 5.73 Å². The highest BCUT2D eigenvalue weighted by molar-refractivity contribution is 4.73. The molecule has 0 bridgehead atoms. The second-order valence-corrected chi connectivity index (χ2v) is 4.59. The fraction of sp³-hybridized carbons (Fsp3) is 1.00. The summed E-state index contributed by atoms with van der Waals surface area (Å²) in [5.74, 6) is 0.832. The molecule has 2 nitrogen and oxygen atoms in total. The monoisotopic (exact) mass is 185 g/mol. The van der Waals surface area contributed by atoms with Crippen molar-refractivity contribution in [3.8, 4) is 0 Å². The van der Waals surface area contributed by atoms with E-state index in [0.717, 1.165) is 5.92 Å². The third-order valence-corrected chi connectivity index (χ3v) is 3.04. The number of ether oxygens (including phenoxy) is 1. The second-order valence-electron chi connectivity index (χ2n) is 4.59. The van der Waals surface area contributed by atoms with Gasteiger partial charge in [-0.1, -0.05) is 19.8 Å². The molecule has 0 spiro atoms. The van der Waals surface area contributed by atoms with Gasteiger partial charge in [0.1, 0.15) is 0 Å². The molecule has 1 aliphatic carbocycles.